The molecule has 2 N–H and O–H groups in total. The van der Waals surface area contributed by atoms with Gasteiger partial charge in [-0.3, -0.25) is 4.90 Å². The van der Waals surface area contributed by atoms with E-state index in [4.69, 9.17) is 10.5 Å². The molecule has 2 heterocycles. The molecule has 6 heteroatoms. The van der Waals surface area contributed by atoms with Crippen molar-refractivity contribution in [3.8, 4) is 0 Å². The molecule has 20 heavy (non-hydrogen) atoms. The molecular weight excluding hydrogens is 276 g/mol. The van der Waals surface area contributed by atoms with Gasteiger partial charge in [0.25, 0.3) is 0 Å². The molecule has 0 bridgehead atoms. The Hall–Kier alpha value is -0.170. The monoisotopic (exact) mass is 304 g/mol. The highest BCUT2D eigenvalue weighted by atomic mass is 32.2. The van der Waals surface area contributed by atoms with Crippen LogP contribution in [0.15, 0.2) is 0 Å². The summed E-state index contributed by atoms with van der Waals surface area (Å²) in [5.74, 6) is 0.537. The predicted octanol–water partition coefficient (Wildman–Crippen LogP) is 0.784. The molecule has 5 nitrogen and oxygen atoms in total. The van der Waals surface area contributed by atoms with Crippen LogP contribution in [0, 0.1) is 0 Å². The van der Waals surface area contributed by atoms with Crippen LogP contribution in [0.4, 0.5) is 0 Å². The van der Waals surface area contributed by atoms with E-state index in [1.54, 1.807) is 0 Å². The first-order valence-corrected chi connectivity index (χ1v) is 9.61. The summed E-state index contributed by atoms with van der Waals surface area (Å²) in [5.41, 5.74) is 5.63. The van der Waals surface area contributed by atoms with Crippen molar-refractivity contribution in [3.05, 3.63) is 0 Å². The van der Waals surface area contributed by atoms with Gasteiger partial charge in [-0.15, -0.1) is 0 Å². The fourth-order valence-corrected chi connectivity index (χ4v) is 5.50. The second-order valence-electron chi connectivity index (χ2n) is 6.21. The maximum atomic E-state index is 12.0. The minimum Gasteiger partial charge on any atom is -0.377 e. The Bertz CT molecular complexity index is 413. The van der Waals surface area contributed by atoms with Crippen LogP contribution in [0.2, 0.25) is 0 Å². The Balaban J connectivity index is 2.06. The number of sulfone groups is 1. The second-order valence-corrected chi connectivity index (χ2v) is 8.39. The molecule has 0 aromatic heterocycles. The van der Waals surface area contributed by atoms with Crippen LogP contribution < -0.4 is 5.73 Å². The van der Waals surface area contributed by atoms with Gasteiger partial charge in [0.15, 0.2) is 9.84 Å². The third-order valence-electron chi connectivity index (χ3n) is 4.57. The molecular formula is C14H28N2O3S. The van der Waals surface area contributed by atoms with E-state index in [1.807, 2.05) is 0 Å². The third kappa shape index (κ3) is 3.72. The van der Waals surface area contributed by atoms with E-state index in [1.165, 1.54) is 0 Å². The zero-order chi connectivity index (χ0) is 14.6. The largest absolute Gasteiger partial charge is 0.377 e. The fraction of sp³-hybridized carbons (Fsp3) is 1.00. The summed E-state index contributed by atoms with van der Waals surface area (Å²) >= 11 is 0. The van der Waals surface area contributed by atoms with Crippen LogP contribution in [0.3, 0.4) is 0 Å². The number of nitrogens with zero attached hydrogens (tertiary/aromatic N) is 1. The van der Waals surface area contributed by atoms with Gasteiger partial charge in [0.05, 0.1) is 17.6 Å². The lowest BCUT2D eigenvalue weighted by Gasteiger charge is -2.48. The topological polar surface area (TPSA) is 72.6 Å². The summed E-state index contributed by atoms with van der Waals surface area (Å²) in [6.45, 7) is 5.08. The van der Waals surface area contributed by atoms with Crippen molar-refractivity contribution >= 4 is 9.84 Å². The van der Waals surface area contributed by atoms with Gasteiger partial charge in [-0.05, 0) is 38.6 Å². The number of nitrogens with two attached hydrogens (primary N) is 1. The van der Waals surface area contributed by atoms with Crippen LogP contribution in [-0.2, 0) is 14.6 Å². The zero-order valence-electron chi connectivity index (χ0n) is 12.5. The Kier molecular flexibility index (Phi) is 5.45. The first-order valence-electron chi connectivity index (χ1n) is 7.78. The molecule has 0 aromatic rings. The summed E-state index contributed by atoms with van der Waals surface area (Å²) in [7, 11) is -2.95. The van der Waals surface area contributed by atoms with Gasteiger partial charge in [-0.2, -0.15) is 0 Å². The summed E-state index contributed by atoms with van der Waals surface area (Å²) in [5, 5.41) is 0. The molecule has 2 unspecified atom stereocenters. The van der Waals surface area contributed by atoms with E-state index < -0.39 is 9.84 Å². The van der Waals surface area contributed by atoms with Crippen molar-refractivity contribution in [2.75, 3.05) is 37.7 Å². The second kappa shape index (κ2) is 6.73. The molecule has 0 radical (unpaired) electrons. The van der Waals surface area contributed by atoms with Gasteiger partial charge in [0, 0.05) is 25.2 Å². The van der Waals surface area contributed by atoms with Crippen molar-refractivity contribution in [2.45, 2.75) is 50.7 Å². The molecule has 0 spiro atoms. The van der Waals surface area contributed by atoms with Crippen molar-refractivity contribution < 1.29 is 13.2 Å². The average Bonchev–Trinajstić information content (AvgIpc) is 2.44. The lowest BCUT2D eigenvalue weighted by Crippen LogP contribution is -2.63. The Morgan fingerprint density at radius 2 is 2.20 bits per heavy atom. The van der Waals surface area contributed by atoms with E-state index in [0.717, 1.165) is 51.8 Å². The first kappa shape index (κ1) is 16.2. The number of piperidine rings is 1. The molecule has 2 aliphatic rings. The van der Waals surface area contributed by atoms with Crippen LogP contribution in [0.25, 0.3) is 0 Å². The fourth-order valence-electron chi connectivity index (χ4n) is 3.50. The van der Waals surface area contributed by atoms with E-state index in [2.05, 4.69) is 11.8 Å². The zero-order valence-corrected chi connectivity index (χ0v) is 13.3. The molecule has 2 fully saturated rings. The average molecular weight is 304 g/mol. The smallest absolute Gasteiger partial charge is 0.152 e. The summed E-state index contributed by atoms with van der Waals surface area (Å²) < 4.78 is 29.9. The maximum absolute atomic E-state index is 12.0. The number of ether oxygens (including phenoxy) is 1. The quantitative estimate of drug-likeness (QED) is 0.813. The highest BCUT2D eigenvalue weighted by molar-refractivity contribution is 7.91. The molecule has 2 aliphatic heterocycles. The summed E-state index contributed by atoms with van der Waals surface area (Å²) in [6.07, 6.45) is 5.02. The number of hydrogen-bond acceptors (Lipinski definition) is 5. The van der Waals surface area contributed by atoms with Gasteiger partial charge in [0.1, 0.15) is 0 Å². The summed E-state index contributed by atoms with van der Waals surface area (Å²) in [6, 6.07) is 0. The molecule has 0 aromatic carbocycles. The normalized spacial score (nSPS) is 35.0. The predicted molar refractivity (Wildman–Crippen MR) is 80.5 cm³/mol. The molecule has 2 atom stereocenters. The van der Waals surface area contributed by atoms with Crippen molar-refractivity contribution in [2.24, 2.45) is 5.73 Å². The van der Waals surface area contributed by atoms with Crippen LogP contribution in [0.1, 0.15) is 39.0 Å². The van der Waals surface area contributed by atoms with E-state index in [0.29, 0.717) is 12.3 Å². The Morgan fingerprint density at radius 3 is 2.85 bits per heavy atom. The molecule has 118 valence electrons. The number of hydrogen-bond donors (Lipinski definition) is 1. The van der Waals surface area contributed by atoms with E-state index in [9.17, 15) is 8.42 Å². The standard InChI is InChI=1S/C14H28N2O3S/c1-2-8-19-13-5-3-7-16(10-13)14(11-15)6-4-9-20(17,18)12-14/h13H,2-12,15H2,1H3. The summed E-state index contributed by atoms with van der Waals surface area (Å²) in [4.78, 5) is 2.30. The highest BCUT2D eigenvalue weighted by Crippen LogP contribution is 2.31. The molecule has 2 saturated heterocycles. The molecule has 2 rings (SSSR count). The first-order chi connectivity index (χ1) is 9.51. The SMILES string of the molecule is CCCOC1CCCN(C2(CN)CCCS(=O)(=O)C2)C1. The maximum Gasteiger partial charge on any atom is 0.152 e. The van der Waals surface area contributed by atoms with Gasteiger partial charge >= 0.3 is 0 Å². The van der Waals surface area contributed by atoms with Gasteiger partial charge in [-0.1, -0.05) is 6.92 Å². The minimum atomic E-state index is -2.95. The third-order valence-corrected chi connectivity index (χ3v) is 6.46. The highest BCUT2D eigenvalue weighted by Gasteiger charge is 2.44. The Labute approximate surface area is 122 Å². The van der Waals surface area contributed by atoms with Crippen molar-refractivity contribution in [3.63, 3.8) is 0 Å². The lowest BCUT2D eigenvalue weighted by molar-refractivity contribution is -0.0340. The van der Waals surface area contributed by atoms with Gasteiger partial charge in [-0.25, -0.2) is 8.42 Å². The molecule has 0 saturated carbocycles. The van der Waals surface area contributed by atoms with Crippen LogP contribution in [-0.4, -0.2) is 62.7 Å². The Morgan fingerprint density at radius 1 is 1.40 bits per heavy atom. The molecule has 0 aliphatic carbocycles. The van der Waals surface area contributed by atoms with Crippen molar-refractivity contribution in [1.82, 2.24) is 4.90 Å². The molecule has 0 amide bonds. The minimum absolute atomic E-state index is 0.219. The van der Waals surface area contributed by atoms with Crippen LogP contribution in [0.5, 0.6) is 0 Å². The van der Waals surface area contributed by atoms with Crippen molar-refractivity contribution in [1.29, 1.82) is 0 Å². The lowest BCUT2D eigenvalue weighted by atomic mass is 9.90. The van der Waals surface area contributed by atoms with Gasteiger partial charge < -0.3 is 10.5 Å². The van der Waals surface area contributed by atoms with E-state index >= 15 is 0 Å². The van der Waals surface area contributed by atoms with E-state index in [-0.39, 0.29) is 17.4 Å². The van der Waals surface area contributed by atoms with Gasteiger partial charge in [0.2, 0.25) is 0 Å². The number of rotatable bonds is 5. The number of likely N-dealkylation sites (tertiary alicyclic amines) is 1. The van der Waals surface area contributed by atoms with Crippen LogP contribution >= 0.6 is 0 Å².